The van der Waals surface area contributed by atoms with E-state index in [9.17, 15) is 17.6 Å². The maximum atomic E-state index is 13.8. The first-order chi connectivity index (χ1) is 12.6. The van der Waals surface area contributed by atoms with Crippen molar-refractivity contribution in [3.63, 3.8) is 0 Å². The second-order valence-corrected chi connectivity index (χ2v) is 8.52. The molecule has 0 aliphatic carbocycles. The fourth-order valence-electron chi connectivity index (χ4n) is 2.80. The molecule has 0 aliphatic heterocycles. The van der Waals surface area contributed by atoms with Crippen molar-refractivity contribution in [2.24, 2.45) is 0 Å². The largest absolute Gasteiger partial charge is 0.307 e. The van der Waals surface area contributed by atoms with E-state index in [1.54, 1.807) is 18.2 Å². The van der Waals surface area contributed by atoms with Crippen molar-refractivity contribution in [1.29, 1.82) is 0 Å². The van der Waals surface area contributed by atoms with Crippen LogP contribution in [0.25, 0.3) is 10.9 Å². The lowest BCUT2D eigenvalue weighted by atomic mass is 10.1. The Morgan fingerprint density at radius 1 is 1.15 bits per heavy atom. The van der Waals surface area contributed by atoms with Gasteiger partial charge in [0.1, 0.15) is 11.0 Å². The molecule has 8 heteroatoms. The van der Waals surface area contributed by atoms with Gasteiger partial charge in [-0.25, -0.2) is 17.8 Å². The summed E-state index contributed by atoms with van der Waals surface area (Å²) in [7, 11) is -3.65. The van der Waals surface area contributed by atoms with Crippen LogP contribution in [0.1, 0.15) is 12.5 Å². The average Bonchev–Trinajstić information content (AvgIpc) is 2.57. The van der Waals surface area contributed by atoms with Crippen molar-refractivity contribution >= 4 is 43.9 Å². The minimum Gasteiger partial charge on any atom is -0.307 e. The van der Waals surface area contributed by atoms with Gasteiger partial charge < -0.3 is 4.90 Å². The fraction of sp³-hybridized carbons (Fsp3) is 0.158. The van der Waals surface area contributed by atoms with Gasteiger partial charge in [0.25, 0.3) is 0 Å². The normalized spacial score (nSPS) is 11.6. The van der Waals surface area contributed by atoms with E-state index < -0.39 is 21.6 Å². The van der Waals surface area contributed by atoms with E-state index in [-0.39, 0.29) is 17.1 Å². The van der Waals surface area contributed by atoms with E-state index in [0.29, 0.717) is 16.2 Å². The Kier molecular flexibility index (Phi) is 5.17. The molecule has 0 fully saturated rings. The summed E-state index contributed by atoms with van der Waals surface area (Å²) in [5.74, 6) is -1.04. The van der Waals surface area contributed by atoms with Crippen LogP contribution in [0.2, 0.25) is 5.15 Å². The first-order valence-electron chi connectivity index (χ1n) is 7.98. The molecular formula is C19H16ClFN2O3S. The van der Waals surface area contributed by atoms with Gasteiger partial charge in [-0.15, -0.1) is 0 Å². The monoisotopic (exact) mass is 406 g/mol. The number of amides is 1. The lowest BCUT2D eigenvalue weighted by molar-refractivity contribution is -0.116. The zero-order valence-electron chi connectivity index (χ0n) is 14.6. The Balaban J connectivity index is 2.08. The summed E-state index contributed by atoms with van der Waals surface area (Å²) in [6.45, 7) is 1.36. The molecule has 3 rings (SSSR count). The maximum absolute atomic E-state index is 13.8. The van der Waals surface area contributed by atoms with Gasteiger partial charge in [0.2, 0.25) is 5.91 Å². The molecule has 3 aromatic rings. The Hall–Kier alpha value is -2.51. The van der Waals surface area contributed by atoms with E-state index in [1.807, 2.05) is 12.1 Å². The van der Waals surface area contributed by atoms with Crippen molar-refractivity contribution in [2.75, 3.05) is 11.2 Å². The molecule has 0 saturated heterocycles. The van der Waals surface area contributed by atoms with E-state index >= 15 is 0 Å². The number of carbonyl (C=O) groups is 1. The second-order valence-electron chi connectivity index (χ2n) is 6.15. The third-order valence-corrected chi connectivity index (χ3v) is 5.41. The van der Waals surface area contributed by atoms with Crippen LogP contribution in [0.5, 0.6) is 0 Å². The molecule has 0 bridgehead atoms. The van der Waals surface area contributed by atoms with Gasteiger partial charge in [-0.3, -0.25) is 4.79 Å². The van der Waals surface area contributed by atoms with Crippen LogP contribution < -0.4 is 4.90 Å². The number of rotatable bonds is 4. The van der Waals surface area contributed by atoms with Crippen LogP contribution in [-0.2, 0) is 21.2 Å². The summed E-state index contributed by atoms with van der Waals surface area (Å²) < 4.78 is 37.9. The molecule has 27 heavy (non-hydrogen) atoms. The van der Waals surface area contributed by atoms with Crippen LogP contribution >= 0.6 is 11.6 Å². The SMILES string of the molecule is CC(=O)N(Cc1ccc2ccc(Cl)nc2c1)c1cc(F)ccc1S(C)(=O)=O. The molecule has 0 unspecified atom stereocenters. The first-order valence-corrected chi connectivity index (χ1v) is 10.2. The van der Waals surface area contributed by atoms with Crippen LogP contribution in [0.4, 0.5) is 10.1 Å². The highest BCUT2D eigenvalue weighted by Crippen LogP contribution is 2.28. The van der Waals surface area contributed by atoms with E-state index in [1.165, 1.54) is 11.8 Å². The standard InChI is InChI=1S/C19H16ClFN2O3S/c1-12(24)23(17-10-15(21)6-7-18(17)27(2,25)26)11-13-3-4-14-5-8-19(20)22-16(14)9-13/h3-10H,11H2,1-2H3. The number of sulfone groups is 1. The highest BCUT2D eigenvalue weighted by Gasteiger charge is 2.22. The number of fused-ring (bicyclic) bond motifs is 1. The van der Waals surface area contributed by atoms with Gasteiger partial charge in [-0.05, 0) is 42.0 Å². The molecule has 0 N–H and O–H groups in total. The number of aromatic nitrogens is 1. The quantitative estimate of drug-likeness (QED) is 0.485. The molecule has 1 aromatic heterocycles. The molecule has 2 aromatic carbocycles. The number of benzene rings is 2. The smallest absolute Gasteiger partial charge is 0.224 e. The summed E-state index contributed by atoms with van der Waals surface area (Å²) in [5.41, 5.74) is 1.35. The molecule has 1 heterocycles. The third-order valence-electron chi connectivity index (χ3n) is 4.05. The number of hydrogen-bond acceptors (Lipinski definition) is 4. The predicted octanol–water partition coefficient (Wildman–Crippen LogP) is 3.98. The fourth-order valence-corrected chi connectivity index (χ4v) is 3.82. The summed E-state index contributed by atoms with van der Waals surface area (Å²) >= 11 is 5.93. The van der Waals surface area contributed by atoms with E-state index in [4.69, 9.17) is 11.6 Å². The minimum absolute atomic E-state index is 0.00384. The molecule has 0 aliphatic rings. The van der Waals surface area contributed by atoms with Crippen LogP contribution in [0, 0.1) is 5.82 Å². The summed E-state index contributed by atoms with van der Waals surface area (Å²) in [6, 6.07) is 12.2. The van der Waals surface area contributed by atoms with Crippen LogP contribution in [-0.4, -0.2) is 25.6 Å². The van der Waals surface area contributed by atoms with Crippen LogP contribution in [0.3, 0.4) is 0 Å². The summed E-state index contributed by atoms with van der Waals surface area (Å²) in [6.07, 6.45) is 1.02. The van der Waals surface area contributed by atoms with Gasteiger partial charge >= 0.3 is 0 Å². The second kappa shape index (κ2) is 7.25. The topological polar surface area (TPSA) is 67.3 Å². The Morgan fingerprint density at radius 3 is 2.52 bits per heavy atom. The lowest BCUT2D eigenvalue weighted by Gasteiger charge is -2.24. The van der Waals surface area contributed by atoms with Gasteiger partial charge in [0, 0.05) is 18.6 Å². The third kappa shape index (κ3) is 4.26. The molecule has 0 saturated carbocycles. The number of anilines is 1. The van der Waals surface area contributed by atoms with Gasteiger partial charge in [-0.1, -0.05) is 23.7 Å². The summed E-state index contributed by atoms with van der Waals surface area (Å²) in [4.78, 5) is 17.6. The maximum Gasteiger partial charge on any atom is 0.224 e. The predicted molar refractivity (Wildman–Crippen MR) is 103 cm³/mol. The molecule has 5 nitrogen and oxygen atoms in total. The molecule has 1 amide bonds. The van der Waals surface area contributed by atoms with Gasteiger partial charge in [0.05, 0.1) is 22.6 Å². The average molecular weight is 407 g/mol. The van der Waals surface area contributed by atoms with Crippen molar-refractivity contribution in [2.45, 2.75) is 18.4 Å². The molecule has 140 valence electrons. The Bertz CT molecular complexity index is 1150. The molecular weight excluding hydrogens is 391 g/mol. The number of pyridine rings is 1. The van der Waals surface area contributed by atoms with Crippen LogP contribution in [0.15, 0.2) is 53.4 Å². The Morgan fingerprint density at radius 2 is 1.85 bits per heavy atom. The number of nitrogens with zero attached hydrogens (tertiary/aromatic N) is 2. The molecule has 0 atom stereocenters. The number of hydrogen-bond donors (Lipinski definition) is 0. The van der Waals surface area contributed by atoms with Crippen molar-refractivity contribution < 1.29 is 17.6 Å². The number of halogens is 2. The molecule has 0 radical (unpaired) electrons. The van der Waals surface area contributed by atoms with Gasteiger partial charge in [0.15, 0.2) is 9.84 Å². The number of carbonyl (C=O) groups excluding carboxylic acids is 1. The minimum atomic E-state index is -3.65. The van der Waals surface area contributed by atoms with Crippen molar-refractivity contribution in [3.05, 3.63) is 65.1 Å². The highest BCUT2D eigenvalue weighted by atomic mass is 35.5. The van der Waals surface area contributed by atoms with E-state index in [0.717, 1.165) is 29.8 Å². The lowest BCUT2D eigenvalue weighted by Crippen LogP contribution is -2.29. The van der Waals surface area contributed by atoms with E-state index in [2.05, 4.69) is 4.98 Å². The highest BCUT2D eigenvalue weighted by molar-refractivity contribution is 7.90. The zero-order chi connectivity index (χ0) is 19.8. The van der Waals surface area contributed by atoms with Gasteiger partial charge in [-0.2, -0.15) is 0 Å². The van der Waals surface area contributed by atoms with Crippen molar-refractivity contribution in [1.82, 2.24) is 4.98 Å². The summed E-state index contributed by atoms with van der Waals surface area (Å²) in [5, 5.41) is 1.22. The molecule has 0 spiro atoms. The zero-order valence-corrected chi connectivity index (χ0v) is 16.2. The first kappa shape index (κ1) is 19.3. The van der Waals surface area contributed by atoms with Crippen molar-refractivity contribution in [3.8, 4) is 0 Å². The Labute approximate surface area is 161 Å².